The van der Waals surface area contributed by atoms with Crippen molar-refractivity contribution in [3.63, 3.8) is 0 Å². The topological polar surface area (TPSA) is 65.4 Å². The fourth-order valence-electron chi connectivity index (χ4n) is 3.43. The van der Waals surface area contributed by atoms with E-state index >= 15 is 0 Å². The highest BCUT2D eigenvalue weighted by Crippen LogP contribution is 2.41. The Bertz CT molecular complexity index is 1010. The first kappa shape index (κ1) is 15.3. The van der Waals surface area contributed by atoms with Gasteiger partial charge < -0.3 is 14.8 Å². The first-order valence-electron chi connectivity index (χ1n) is 8.22. The molecule has 0 bridgehead atoms. The summed E-state index contributed by atoms with van der Waals surface area (Å²) < 4.78 is 12.6. The van der Waals surface area contributed by atoms with Crippen LogP contribution in [0.15, 0.2) is 48.7 Å². The van der Waals surface area contributed by atoms with Gasteiger partial charge in [-0.3, -0.25) is 4.79 Å². The van der Waals surface area contributed by atoms with Gasteiger partial charge in [0.25, 0.3) is 0 Å². The first-order valence-corrected chi connectivity index (χ1v) is 8.60. The third-order valence-electron chi connectivity index (χ3n) is 4.69. The van der Waals surface area contributed by atoms with E-state index in [-0.39, 0.29) is 18.6 Å². The number of hydrogen-bond donors (Lipinski definition) is 1. The van der Waals surface area contributed by atoms with Crippen molar-refractivity contribution in [1.82, 2.24) is 9.78 Å². The van der Waals surface area contributed by atoms with Crippen LogP contribution in [-0.2, 0) is 4.79 Å². The van der Waals surface area contributed by atoms with Gasteiger partial charge >= 0.3 is 0 Å². The van der Waals surface area contributed by atoms with Crippen LogP contribution in [0.1, 0.15) is 23.5 Å². The number of benzene rings is 2. The summed E-state index contributed by atoms with van der Waals surface area (Å²) in [5, 5.41) is 8.08. The van der Waals surface area contributed by atoms with E-state index in [0.717, 1.165) is 22.6 Å². The molecule has 2 aliphatic rings. The van der Waals surface area contributed by atoms with Crippen molar-refractivity contribution in [3.8, 4) is 17.2 Å². The molecule has 2 aliphatic heterocycles. The van der Waals surface area contributed by atoms with Crippen LogP contribution < -0.4 is 14.8 Å². The summed E-state index contributed by atoms with van der Waals surface area (Å²) in [7, 11) is 0. The van der Waals surface area contributed by atoms with E-state index < -0.39 is 0 Å². The number of hydrogen-bond acceptors (Lipinski definition) is 4. The van der Waals surface area contributed by atoms with Crippen LogP contribution in [0.3, 0.4) is 0 Å². The van der Waals surface area contributed by atoms with Gasteiger partial charge in [-0.05, 0) is 42.0 Å². The molecule has 5 rings (SSSR count). The second-order valence-electron chi connectivity index (χ2n) is 6.25. The fourth-order valence-corrected chi connectivity index (χ4v) is 3.55. The lowest BCUT2D eigenvalue weighted by atomic mass is 9.87. The lowest BCUT2D eigenvalue weighted by Crippen LogP contribution is -2.24. The highest BCUT2D eigenvalue weighted by atomic mass is 35.5. The minimum atomic E-state index is -0.0886. The van der Waals surface area contributed by atoms with Crippen LogP contribution in [-0.4, -0.2) is 22.5 Å². The van der Waals surface area contributed by atoms with Crippen LogP contribution in [0.2, 0.25) is 5.02 Å². The monoisotopic (exact) mass is 367 g/mol. The molecule has 0 saturated heterocycles. The molecule has 6 nitrogen and oxygen atoms in total. The molecule has 0 spiro atoms. The Morgan fingerprint density at radius 3 is 2.77 bits per heavy atom. The second-order valence-corrected chi connectivity index (χ2v) is 6.69. The van der Waals surface area contributed by atoms with Crippen LogP contribution in [0, 0.1) is 0 Å². The van der Waals surface area contributed by atoms with Crippen molar-refractivity contribution in [2.24, 2.45) is 0 Å². The van der Waals surface area contributed by atoms with E-state index in [1.807, 2.05) is 30.3 Å². The molecule has 0 unspecified atom stereocenters. The molecule has 1 amide bonds. The molecule has 1 N–H and O–H groups in total. The van der Waals surface area contributed by atoms with Crippen LogP contribution in [0.25, 0.3) is 5.69 Å². The van der Waals surface area contributed by atoms with E-state index in [9.17, 15) is 4.79 Å². The SMILES string of the molecule is O=C1C[C@H](c2ccc3c(c2)OCO3)c2cnn(-c3ccc(Cl)cc3)c2N1. The number of fused-ring (bicyclic) bond motifs is 2. The van der Waals surface area contributed by atoms with Crippen molar-refractivity contribution in [2.75, 3.05) is 12.1 Å². The predicted molar refractivity (Wildman–Crippen MR) is 96.2 cm³/mol. The Hall–Kier alpha value is -2.99. The number of nitrogens with one attached hydrogen (secondary N) is 1. The van der Waals surface area contributed by atoms with Gasteiger partial charge in [-0.15, -0.1) is 0 Å². The first-order chi connectivity index (χ1) is 12.7. The van der Waals surface area contributed by atoms with Gasteiger partial charge in [0, 0.05) is 22.9 Å². The highest BCUT2D eigenvalue weighted by molar-refractivity contribution is 6.30. The average molecular weight is 368 g/mol. The number of rotatable bonds is 2. The van der Waals surface area contributed by atoms with E-state index in [0.29, 0.717) is 23.0 Å². The van der Waals surface area contributed by atoms with Crippen LogP contribution in [0.5, 0.6) is 11.5 Å². The normalized spacial score (nSPS) is 17.7. The molecule has 0 radical (unpaired) electrons. The minimum absolute atomic E-state index is 0.0455. The van der Waals surface area contributed by atoms with Crippen molar-refractivity contribution in [2.45, 2.75) is 12.3 Å². The number of carbonyl (C=O) groups is 1. The van der Waals surface area contributed by atoms with Crippen LogP contribution >= 0.6 is 11.6 Å². The zero-order chi connectivity index (χ0) is 17.7. The lowest BCUT2D eigenvalue weighted by molar-refractivity contribution is -0.116. The summed E-state index contributed by atoms with van der Waals surface area (Å²) >= 11 is 5.97. The standard InChI is InChI=1S/C19H14ClN3O3/c20-12-2-4-13(5-3-12)23-19-15(9-21-23)14(8-18(24)22-19)11-1-6-16-17(7-11)26-10-25-16/h1-7,9,14H,8,10H2,(H,22,24)/t14-/m1/s1. The average Bonchev–Trinajstić information content (AvgIpc) is 3.27. The van der Waals surface area contributed by atoms with E-state index in [1.165, 1.54) is 0 Å². The zero-order valence-corrected chi connectivity index (χ0v) is 14.4. The molecule has 0 aliphatic carbocycles. The molecule has 3 aromatic rings. The van der Waals surface area contributed by atoms with E-state index in [2.05, 4.69) is 10.4 Å². The smallest absolute Gasteiger partial charge is 0.231 e. The summed E-state index contributed by atoms with van der Waals surface area (Å²) in [5.74, 6) is 1.99. The number of ether oxygens (including phenoxy) is 2. The predicted octanol–water partition coefficient (Wildman–Crippen LogP) is 3.73. The molecule has 2 aromatic carbocycles. The number of nitrogens with zero attached hydrogens (tertiary/aromatic N) is 2. The maximum atomic E-state index is 12.3. The fraction of sp³-hybridized carbons (Fsp3) is 0.158. The molecule has 0 saturated carbocycles. The number of aromatic nitrogens is 2. The van der Waals surface area contributed by atoms with Crippen molar-refractivity contribution in [1.29, 1.82) is 0 Å². The highest BCUT2D eigenvalue weighted by Gasteiger charge is 2.31. The van der Waals surface area contributed by atoms with Crippen LogP contribution in [0.4, 0.5) is 5.82 Å². The van der Waals surface area contributed by atoms with Gasteiger partial charge in [-0.2, -0.15) is 5.10 Å². The molecule has 130 valence electrons. The third-order valence-corrected chi connectivity index (χ3v) is 4.94. The summed E-state index contributed by atoms with van der Waals surface area (Å²) in [6, 6.07) is 13.1. The number of carbonyl (C=O) groups excluding carboxylic acids is 1. The molecular weight excluding hydrogens is 354 g/mol. The van der Waals surface area contributed by atoms with Gasteiger partial charge in [-0.25, -0.2) is 4.68 Å². The van der Waals surface area contributed by atoms with Gasteiger partial charge in [0.15, 0.2) is 11.5 Å². The maximum Gasteiger partial charge on any atom is 0.231 e. The summed E-state index contributed by atoms with van der Waals surface area (Å²) in [4.78, 5) is 12.3. The number of halogens is 1. The zero-order valence-electron chi connectivity index (χ0n) is 13.6. The molecule has 7 heteroatoms. The Kier molecular flexibility index (Phi) is 3.39. The van der Waals surface area contributed by atoms with Gasteiger partial charge in [0.05, 0.1) is 11.9 Å². The van der Waals surface area contributed by atoms with Crippen molar-refractivity contribution in [3.05, 3.63) is 64.8 Å². The number of amides is 1. The Morgan fingerprint density at radius 1 is 1.12 bits per heavy atom. The number of anilines is 1. The van der Waals surface area contributed by atoms with Gasteiger partial charge in [-0.1, -0.05) is 17.7 Å². The van der Waals surface area contributed by atoms with Crippen molar-refractivity contribution < 1.29 is 14.3 Å². The maximum absolute atomic E-state index is 12.3. The Labute approximate surface area is 154 Å². The Balaban J connectivity index is 1.59. The second kappa shape index (κ2) is 5.78. The summed E-state index contributed by atoms with van der Waals surface area (Å²) in [6.45, 7) is 0.226. The molecule has 3 heterocycles. The summed E-state index contributed by atoms with van der Waals surface area (Å²) in [6.07, 6.45) is 2.16. The van der Waals surface area contributed by atoms with Crippen molar-refractivity contribution >= 4 is 23.3 Å². The molecule has 1 atom stereocenters. The van der Waals surface area contributed by atoms with Gasteiger partial charge in [0.2, 0.25) is 12.7 Å². The van der Waals surface area contributed by atoms with E-state index in [4.69, 9.17) is 21.1 Å². The van der Waals surface area contributed by atoms with E-state index in [1.54, 1.807) is 23.0 Å². The quantitative estimate of drug-likeness (QED) is 0.749. The third kappa shape index (κ3) is 2.42. The molecule has 1 aromatic heterocycles. The minimum Gasteiger partial charge on any atom is -0.454 e. The molecule has 26 heavy (non-hydrogen) atoms. The molecular formula is C19H14ClN3O3. The largest absolute Gasteiger partial charge is 0.454 e. The lowest BCUT2D eigenvalue weighted by Gasteiger charge is -2.24. The van der Waals surface area contributed by atoms with Gasteiger partial charge in [0.1, 0.15) is 5.82 Å². The Morgan fingerprint density at radius 2 is 1.92 bits per heavy atom. The summed E-state index contributed by atoms with van der Waals surface area (Å²) in [5.41, 5.74) is 2.81. The molecule has 0 fully saturated rings.